The molecule has 2 aromatic carbocycles. The Hall–Kier alpha value is -3.41. The van der Waals surface area contributed by atoms with Gasteiger partial charge >= 0.3 is 5.97 Å². The Morgan fingerprint density at radius 3 is 2.39 bits per heavy atom. The summed E-state index contributed by atoms with van der Waals surface area (Å²) in [6.45, 7) is 0.223. The molecule has 1 amide bonds. The van der Waals surface area contributed by atoms with E-state index in [0.717, 1.165) is 24.0 Å². The topological polar surface area (TPSA) is 72.6 Å². The van der Waals surface area contributed by atoms with Crippen LogP contribution in [0.3, 0.4) is 0 Å². The smallest absolute Gasteiger partial charge is 0.360 e. The summed E-state index contributed by atoms with van der Waals surface area (Å²) in [5.74, 6) is -0.308. The average Bonchev–Trinajstić information content (AvgIpc) is 3.49. The second kappa shape index (κ2) is 7.68. The van der Waals surface area contributed by atoms with Crippen LogP contribution in [0.25, 0.3) is 11.1 Å². The SMILES string of the molecule is COC(=O)c1coc(CN(C(=O)c2ccc(-c3ccccc3)cc2)C2CC2)n1. The molecule has 0 radical (unpaired) electrons. The van der Waals surface area contributed by atoms with E-state index < -0.39 is 5.97 Å². The number of oxazole rings is 1. The summed E-state index contributed by atoms with van der Waals surface area (Å²) < 4.78 is 9.99. The van der Waals surface area contributed by atoms with Crippen LogP contribution in [0.2, 0.25) is 0 Å². The maximum atomic E-state index is 13.0. The van der Waals surface area contributed by atoms with E-state index in [9.17, 15) is 9.59 Å². The Morgan fingerprint density at radius 2 is 1.75 bits per heavy atom. The van der Waals surface area contributed by atoms with Crippen molar-refractivity contribution < 1.29 is 18.7 Å². The predicted molar refractivity (Wildman–Crippen MR) is 103 cm³/mol. The van der Waals surface area contributed by atoms with Crippen molar-refractivity contribution in [2.24, 2.45) is 0 Å². The van der Waals surface area contributed by atoms with Gasteiger partial charge in [-0.25, -0.2) is 9.78 Å². The molecule has 1 saturated carbocycles. The highest BCUT2D eigenvalue weighted by atomic mass is 16.5. The number of carbonyl (C=O) groups excluding carboxylic acids is 2. The quantitative estimate of drug-likeness (QED) is 0.610. The first kappa shape index (κ1) is 18.0. The van der Waals surface area contributed by atoms with Gasteiger partial charge < -0.3 is 14.1 Å². The van der Waals surface area contributed by atoms with E-state index in [-0.39, 0.29) is 24.2 Å². The van der Waals surface area contributed by atoms with Crippen molar-refractivity contribution in [1.29, 1.82) is 0 Å². The Balaban J connectivity index is 1.51. The van der Waals surface area contributed by atoms with Crippen LogP contribution in [-0.2, 0) is 11.3 Å². The summed E-state index contributed by atoms with van der Waals surface area (Å²) in [5, 5.41) is 0. The second-order valence-corrected chi connectivity index (χ2v) is 6.73. The van der Waals surface area contributed by atoms with Crippen LogP contribution >= 0.6 is 0 Å². The molecular weight excluding hydrogens is 356 g/mol. The van der Waals surface area contributed by atoms with Crippen LogP contribution in [0.5, 0.6) is 0 Å². The number of hydrogen-bond acceptors (Lipinski definition) is 5. The van der Waals surface area contributed by atoms with E-state index in [1.54, 1.807) is 4.90 Å². The lowest BCUT2D eigenvalue weighted by Crippen LogP contribution is -2.32. The lowest BCUT2D eigenvalue weighted by Gasteiger charge is -2.21. The zero-order valence-corrected chi connectivity index (χ0v) is 15.5. The van der Waals surface area contributed by atoms with Crippen LogP contribution in [0.15, 0.2) is 65.3 Å². The number of amides is 1. The minimum Gasteiger partial charge on any atom is -0.464 e. The first-order valence-corrected chi connectivity index (χ1v) is 9.15. The fourth-order valence-corrected chi connectivity index (χ4v) is 3.08. The molecule has 0 aliphatic heterocycles. The molecule has 0 spiro atoms. The van der Waals surface area contributed by atoms with Crippen LogP contribution in [0.4, 0.5) is 0 Å². The average molecular weight is 376 g/mol. The Labute approximate surface area is 162 Å². The third-order valence-electron chi connectivity index (χ3n) is 4.74. The highest BCUT2D eigenvalue weighted by molar-refractivity contribution is 5.95. The molecule has 6 nitrogen and oxygen atoms in total. The highest BCUT2D eigenvalue weighted by Gasteiger charge is 2.34. The third-order valence-corrected chi connectivity index (χ3v) is 4.74. The molecule has 28 heavy (non-hydrogen) atoms. The Bertz CT molecular complexity index is 975. The standard InChI is InChI=1S/C22H20N2O4/c1-27-22(26)19-14-28-20(23-19)13-24(18-11-12-18)21(25)17-9-7-16(8-10-17)15-5-3-2-4-6-15/h2-10,14,18H,11-13H2,1H3. The number of methoxy groups -OCH3 is 1. The number of carbonyl (C=O) groups is 2. The molecule has 0 N–H and O–H groups in total. The molecule has 0 atom stereocenters. The van der Waals surface area contributed by atoms with Crippen molar-refractivity contribution in [2.45, 2.75) is 25.4 Å². The summed E-state index contributed by atoms with van der Waals surface area (Å²) >= 11 is 0. The number of esters is 1. The maximum absolute atomic E-state index is 13.0. The summed E-state index contributed by atoms with van der Waals surface area (Å²) in [4.78, 5) is 30.5. The Morgan fingerprint density at radius 1 is 1.07 bits per heavy atom. The first-order chi connectivity index (χ1) is 13.7. The number of nitrogens with zero attached hydrogens (tertiary/aromatic N) is 2. The summed E-state index contributed by atoms with van der Waals surface area (Å²) in [7, 11) is 1.29. The fourth-order valence-electron chi connectivity index (χ4n) is 3.08. The zero-order chi connectivity index (χ0) is 19.5. The van der Waals surface area contributed by atoms with E-state index in [4.69, 9.17) is 4.42 Å². The van der Waals surface area contributed by atoms with E-state index >= 15 is 0 Å². The largest absolute Gasteiger partial charge is 0.464 e. The molecule has 6 heteroatoms. The number of benzene rings is 2. The van der Waals surface area contributed by atoms with Gasteiger partial charge in [0, 0.05) is 11.6 Å². The highest BCUT2D eigenvalue weighted by Crippen LogP contribution is 2.30. The Kier molecular flexibility index (Phi) is 4.93. The van der Waals surface area contributed by atoms with Gasteiger partial charge in [-0.1, -0.05) is 42.5 Å². The molecule has 1 aliphatic rings. The minimum atomic E-state index is -0.559. The summed E-state index contributed by atoms with van der Waals surface area (Å²) in [5.41, 5.74) is 2.89. The lowest BCUT2D eigenvalue weighted by atomic mass is 10.0. The van der Waals surface area contributed by atoms with E-state index in [1.807, 2.05) is 54.6 Å². The van der Waals surface area contributed by atoms with Crippen molar-refractivity contribution in [3.8, 4) is 11.1 Å². The monoisotopic (exact) mass is 376 g/mol. The van der Waals surface area contributed by atoms with Crippen molar-refractivity contribution >= 4 is 11.9 Å². The van der Waals surface area contributed by atoms with Gasteiger partial charge in [0.1, 0.15) is 6.26 Å². The van der Waals surface area contributed by atoms with Gasteiger partial charge in [0.15, 0.2) is 5.69 Å². The van der Waals surface area contributed by atoms with Gasteiger partial charge in [-0.2, -0.15) is 0 Å². The third kappa shape index (κ3) is 3.81. The van der Waals surface area contributed by atoms with Crippen molar-refractivity contribution in [2.75, 3.05) is 7.11 Å². The maximum Gasteiger partial charge on any atom is 0.360 e. The number of rotatable bonds is 6. The van der Waals surface area contributed by atoms with Gasteiger partial charge in [0.25, 0.3) is 5.91 Å². The molecule has 0 unspecified atom stereocenters. The lowest BCUT2D eigenvalue weighted by molar-refractivity contribution is 0.0594. The minimum absolute atomic E-state index is 0.0695. The van der Waals surface area contributed by atoms with Crippen molar-refractivity contribution in [1.82, 2.24) is 9.88 Å². The molecule has 142 valence electrons. The van der Waals surface area contributed by atoms with Gasteiger partial charge in [-0.3, -0.25) is 4.79 Å². The van der Waals surface area contributed by atoms with Crippen LogP contribution in [0, 0.1) is 0 Å². The normalized spacial score (nSPS) is 13.2. The fraction of sp³-hybridized carbons (Fsp3) is 0.227. The van der Waals surface area contributed by atoms with E-state index in [0.29, 0.717) is 11.5 Å². The van der Waals surface area contributed by atoms with Crippen molar-refractivity contribution in [3.63, 3.8) is 0 Å². The van der Waals surface area contributed by atoms with E-state index in [2.05, 4.69) is 9.72 Å². The van der Waals surface area contributed by atoms with Crippen molar-refractivity contribution in [3.05, 3.63) is 78.0 Å². The molecule has 0 bridgehead atoms. The van der Waals surface area contributed by atoms with Gasteiger partial charge in [0.2, 0.25) is 5.89 Å². The molecule has 1 heterocycles. The summed E-state index contributed by atoms with van der Waals surface area (Å²) in [6.07, 6.45) is 3.17. The molecule has 1 fully saturated rings. The number of hydrogen-bond donors (Lipinski definition) is 0. The summed E-state index contributed by atoms with van der Waals surface area (Å²) in [6, 6.07) is 17.8. The van der Waals surface area contributed by atoms with Crippen LogP contribution < -0.4 is 0 Å². The van der Waals surface area contributed by atoms with E-state index in [1.165, 1.54) is 13.4 Å². The van der Waals surface area contributed by atoms with Gasteiger partial charge in [-0.15, -0.1) is 0 Å². The van der Waals surface area contributed by atoms with Crippen LogP contribution in [-0.4, -0.2) is 34.9 Å². The molecule has 1 aromatic heterocycles. The number of ether oxygens (including phenoxy) is 1. The second-order valence-electron chi connectivity index (χ2n) is 6.73. The number of aromatic nitrogens is 1. The first-order valence-electron chi connectivity index (χ1n) is 9.15. The molecule has 0 saturated heterocycles. The predicted octanol–water partition coefficient (Wildman–Crippen LogP) is 3.93. The van der Waals surface area contributed by atoms with Crippen LogP contribution in [0.1, 0.15) is 39.6 Å². The van der Waals surface area contributed by atoms with Gasteiger partial charge in [-0.05, 0) is 36.1 Å². The molecule has 4 rings (SSSR count). The molecule has 3 aromatic rings. The zero-order valence-electron chi connectivity index (χ0n) is 15.5. The molecular formula is C22H20N2O4. The molecule has 1 aliphatic carbocycles. The van der Waals surface area contributed by atoms with Gasteiger partial charge in [0.05, 0.1) is 13.7 Å².